The van der Waals surface area contributed by atoms with Gasteiger partial charge in [0.2, 0.25) is 0 Å². The Bertz CT molecular complexity index is 921. The molecule has 1 heterocycles. The Morgan fingerprint density at radius 3 is 2.24 bits per heavy atom. The predicted molar refractivity (Wildman–Crippen MR) is 137 cm³/mol. The zero-order chi connectivity index (χ0) is 23.4. The number of piperidine rings is 1. The van der Waals surface area contributed by atoms with Crippen LogP contribution in [-0.4, -0.2) is 73.5 Å². The fourth-order valence-corrected chi connectivity index (χ4v) is 5.68. The van der Waals surface area contributed by atoms with Crippen molar-refractivity contribution in [2.45, 2.75) is 52.0 Å². The molecule has 1 amide bonds. The summed E-state index contributed by atoms with van der Waals surface area (Å²) in [7, 11) is 4.21. The summed E-state index contributed by atoms with van der Waals surface area (Å²) in [6.45, 7) is 9.21. The maximum absolute atomic E-state index is 13.5. The van der Waals surface area contributed by atoms with Gasteiger partial charge in [0.1, 0.15) is 0 Å². The van der Waals surface area contributed by atoms with E-state index >= 15 is 0 Å². The highest BCUT2D eigenvalue weighted by atomic mass is 16.2. The van der Waals surface area contributed by atoms with Crippen molar-refractivity contribution in [2.24, 2.45) is 5.92 Å². The van der Waals surface area contributed by atoms with Crippen LogP contribution in [0.4, 0.5) is 0 Å². The van der Waals surface area contributed by atoms with Crippen LogP contribution in [0, 0.1) is 19.8 Å². The molecule has 0 N–H and O–H groups in total. The lowest BCUT2D eigenvalue weighted by Gasteiger charge is -2.38. The third-order valence-electron chi connectivity index (χ3n) is 7.61. The summed E-state index contributed by atoms with van der Waals surface area (Å²) in [5.74, 6) is 0.805. The molecule has 0 radical (unpaired) electrons. The Labute approximate surface area is 200 Å². The fraction of sp³-hybridized carbons (Fsp3) is 0.552. The minimum absolute atomic E-state index is 0.208. The summed E-state index contributed by atoms with van der Waals surface area (Å²) in [5.41, 5.74) is 6.25. The van der Waals surface area contributed by atoms with Gasteiger partial charge in [-0.25, -0.2) is 0 Å². The highest BCUT2D eigenvalue weighted by Crippen LogP contribution is 2.29. The molecule has 0 saturated carbocycles. The quantitative estimate of drug-likeness (QED) is 0.593. The van der Waals surface area contributed by atoms with Gasteiger partial charge in [-0.15, -0.1) is 0 Å². The molecule has 2 aromatic rings. The zero-order valence-electron chi connectivity index (χ0n) is 21.0. The molecule has 1 aliphatic heterocycles. The predicted octanol–water partition coefficient (Wildman–Crippen LogP) is 4.58. The SMILES string of the molecule is Cc1ccc(C(=O)N(CCCN(C)C)CC2CCN(C3Cc4ccccc4C3)CC2)c(C)c1. The second-order valence-corrected chi connectivity index (χ2v) is 10.5. The lowest BCUT2D eigenvalue weighted by Crippen LogP contribution is -2.45. The van der Waals surface area contributed by atoms with Crippen LogP contribution in [0.1, 0.15) is 51.9 Å². The van der Waals surface area contributed by atoms with Crippen molar-refractivity contribution in [1.82, 2.24) is 14.7 Å². The minimum atomic E-state index is 0.208. The highest BCUT2D eigenvalue weighted by Gasteiger charge is 2.31. The van der Waals surface area contributed by atoms with Crippen molar-refractivity contribution in [3.05, 3.63) is 70.3 Å². The Kier molecular flexibility index (Phi) is 7.87. The molecule has 0 bridgehead atoms. The Morgan fingerprint density at radius 1 is 0.970 bits per heavy atom. The number of likely N-dealkylation sites (tertiary alicyclic amines) is 1. The molecule has 0 aromatic heterocycles. The second-order valence-electron chi connectivity index (χ2n) is 10.5. The lowest BCUT2D eigenvalue weighted by molar-refractivity contribution is 0.0660. The van der Waals surface area contributed by atoms with E-state index in [1.165, 1.54) is 42.4 Å². The van der Waals surface area contributed by atoms with Crippen molar-refractivity contribution in [1.29, 1.82) is 0 Å². The Balaban J connectivity index is 1.36. The van der Waals surface area contributed by atoms with Gasteiger partial charge in [0, 0.05) is 24.7 Å². The molecular formula is C29H41N3O. The van der Waals surface area contributed by atoms with E-state index in [1.807, 2.05) is 6.07 Å². The van der Waals surface area contributed by atoms with Gasteiger partial charge in [0.05, 0.1) is 0 Å². The van der Waals surface area contributed by atoms with Gasteiger partial charge >= 0.3 is 0 Å². The monoisotopic (exact) mass is 447 g/mol. The molecule has 1 fully saturated rings. The molecule has 0 atom stereocenters. The molecule has 4 rings (SSSR count). The summed E-state index contributed by atoms with van der Waals surface area (Å²) in [4.78, 5) is 20.6. The zero-order valence-corrected chi connectivity index (χ0v) is 21.0. The van der Waals surface area contributed by atoms with E-state index in [1.54, 1.807) is 0 Å². The van der Waals surface area contributed by atoms with E-state index in [4.69, 9.17) is 0 Å². The molecule has 4 heteroatoms. The third-order valence-corrected chi connectivity index (χ3v) is 7.61. The van der Waals surface area contributed by atoms with E-state index in [0.717, 1.165) is 50.3 Å². The van der Waals surface area contributed by atoms with Gasteiger partial charge in [0.25, 0.3) is 5.91 Å². The van der Waals surface area contributed by atoms with Crippen molar-refractivity contribution in [3.8, 4) is 0 Å². The number of rotatable bonds is 8. The van der Waals surface area contributed by atoms with Crippen LogP contribution in [-0.2, 0) is 12.8 Å². The van der Waals surface area contributed by atoms with Crippen molar-refractivity contribution in [2.75, 3.05) is 46.8 Å². The summed E-state index contributed by atoms with van der Waals surface area (Å²) in [6, 6.07) is 15.8. The summed E-state index contributed by atoms with van der Waals surface area (Å²) in [6.07, 6.45) is 5.79. The topological polar surface area (TPSA) is 26.8 Å². The van der Waals surface area contributed by atoms with Crippen LogP contribution in [0.15, 0.2) is 42.5 Å². The number of aryl methyl sites for hydroxylation is 2. The number of hydrogen-bond acceptors (Lipinski definition) is 3. The smallest absolute Gasteiger partial charge is 0.254 e. The van der Waals surface area contributed by atoms with E-state index < -0.39 is 0 Å². The number of hydrogen-bond donors (Lipinski definition) is 0. The van der Waals surface area contributed by atoms with Crippen molar-refractivity contribution in [3.63, 3.8) is 0 Å². The summed E-state index contributed by atoms with van der Waals surface area (Å²) >= 11 is 0. The van der Waals surface area contributed by atoms with Crippen LogP contribution in [0.25, 0.3) is 0 Å². The number of benzene rings is 2. The molecular weight excluding hydrogens is 406 g/mol. The first-order valence-corrected chi connectivity index (χ1v) is 12.7. The number of amides is 1. The summed E-state index contributed by atoms with van der Waals surface area (Å²) in [5, 5.41) is 0. The van der Waals surface area contributed by atoms with Gasteiger partial charge in [-0.1, -0.05) is 42.0 Å². The number of fused-ring (bicyclic) bond motifs is 1. The van der Waals surface area contributed by atoms with Gasteiger partial charge < -0.3 is 9.80 Å². The number of nitrogens with zero attached hydrogens (tertiary/aromatic N) is 3. The average molecular weight is 448 g/mol. The van der Waals surface area contributed by atoms with Gasteiger partial charge in [-0.05, 0) is 108 Å². The van der Waals surface area contributed by atoms with Gasteiger partial charge in [-0.2, -0.15) is 0 Å². The average Bonchev–Trinajstić information content (AvgIpc) is 3.22. The van der Waals surface area contributed by atoms with E-state index in [9.17, 15) is 4.79 Å². The van der Waals surface area contributed by atoms with Crippen LogP contribution >= 0.6 is 0 Å². The van der Waals surface area contributed by atoms with Crippen LogP contribution in [0.3, 0.4) is 0 Å². The molecule has 4 nitrogen and oxygen atoms in total. The van der Waals surface area contributed by atoms with E-state index in [-0.39, 0.29) is 5.91 Å². The van der Waals surface area contributed by atoms with Crippen LogP contribution < -0.4 is 0 Å². The third kappa shape index (κ3) is 6.04. The number of carbonyl (C=O) groups excluding carboxylic acids is 1. The van der Waals surface area contributed by atoms with Gasteiger partial charge in [-0.3, -0.25) is 9.69 Å². The Hall–Kier alpha value is -2.17. The molecule has 2 aromatic carbocycles. The molecule has 0 spiro atoms. The maximum atomic E-state index is 13.5. The van der Waals surface area contributed by atoms with E-state index in [2.05, 4.69) is 79.0 Å². The standard InChI is InChI=1S/C29H41N3O/c1-22-10-11-28(23(2)18-22)29(33)32(15-7-14-30(3)4)21-24-12-16-31(17-13-24)27-19-25-8-5-6-9-26(25)20-27/h5-6,8-11,18,24,27H,7,12-17,19-21H2,1-4H3. The molecule has 33 heavy (non-hydrogen) atoms. The van der Waals surface area contributed by atoms with Crippen molar-refractivity contribution >= 4 is 5.91 Å². The number of carbonyl (C=O) groups is 1. The molecule has 0 unspecified atom stereocenters. The molecule has 1 saturated heterocycles. The lowest BCUT2D eigenvalue weighted by atomic mass is 9.94. The van der Waals surface area contributed by atoms with Crippen LogP contribution in [0.5, 0.6) is 0 Å². The first-order chi connectivity index (χ1) is 15.9. The minimum Gasteiger partial charge on any atom is -0.338 e. The van der Waals surface area contributed by atoms with Crippen LogP contribution in [0.2, 0.25) is 0 Å². The highest BCUT2D eigenvalue weighted by molar-refractivity contribution is 5.95. The molecule has 2 aliphatic rings. The summed E-state index contributed by atoms with van der Waals surface area (Å²) < 4.78 is 0. The van der Waals surface area contributed by atoms with Crippen molar-refractivity contribution < 1.29 is 4.79 Å². The second kappa shape index (κ2) is 10.8. The molecule has 1 aliphatic carbocycles. The van der Waals surface area contributed by atoms with Gasteiger partial charge in [0.15, 0.2) is 0 Å². The Morgan fingerprint density at radius 2 is 1.64 bits per heavy atom. The largest absolute Gasteiger partial charge is 0.338 e. The fourth-order valence-electron chi connectivity index (χ4n) is 5.68. The van der Waals surface area contributed by atoms with E-state index in [0.29, 0.717) is 12.0 Å². The maximum Gasteiger partial charge on any atom is 0.254 e. The first-order valence-electron chi connectivity index (χ1n) is 12.7. The molecule has 178 valence electrons. The first kappa shape index (κ1) is 24.0. The normalized spacial score (nSPS) is 17.5.